The molecule has 3 heteroatoms. The van der Waals surface area contributed by atoms with Crippen LogP contribution in [0.25, 0.3) is 0 Å². The standard InChI is InChI=1S/C18H32N2O/c1-6-16(4)20(5)10-11-21-18-9-7-8-17(12-18)14-19-13-15(2)3/h7-9,12,15-16,19H,6,10-11,13-14H2,1-5H3. The molecule has 0 amide bonds. The van der Waals surface area contributed by atoms with Crippen molar-refractivity contribution >= 4 is 0 Å². The van der Waals surface area contributed by atoms with Gasteiger partial charge in [-0.25, -0.2) is 0 Å². The van der Waals surface area contributed by atoms with Gasteiger partial charge in [0.05, 0.1) is 0 Å². The lowest BCUT2D eigenvalue weighted by Gasteiger charge is -2.23. The van der Waals surface area contributed by atoms with Gasteiger partial charge in [-0.15, -0.1) is 0 Å². The van der Waals surface area contributed by atoms with Crippen molar-refractivity contribution in [3.05, 3.63) is 29.8 Å². The van der Waals surface area contributed by atoms with E-state index in [0.29, 0.717) is 12.0 Å². The third-order valence-electron chi connectivity index (χ3n) is 3.84. The Bertz CT molecular complexity index is 393. The molecular formula is C18H32N2O. The van der Waals surface area contributed by atoms with Crippen molar-refractivity contribution in [1.29, 1.82) is 0 Å². The highest BCUT2D eigenvalue weighted by molar-refractivity contribution is 5.28. The normalized spacial score (nSPS) is 12.9. The molecule has 0 bridgehead atoms. The molecule has 0 heterocycles. The SMILES string of the molecule is CCC(C)N(C)CCOc1cccc(CNCC(C)C)c1. The number of nitrogens with zero attached hydrogens (tertiary/aromatic N) is 1. The molecule has 0 saturated carbocycles. The van der Waals surface area contributed by atoms with Gasteiger partial charge < -0.3 is 15.0 Å². The average molecular weight is 292 g/mol. The fourth-order valence-corrected chi connectivity index (χ4v) is 2.09. The Labute approximate surface area is 130 Å². The van der Waals surface area contributed by atoms with E-state index in [2.05, 4.69) is 63.2 Å². The summed E-state index contributed by atoms with van der Waals surface area (Å²) in [6.07, 6.45) is 1.17. The predicted octanol–water partition coefficient (Wildman–Crippen LogP) is 3.54. The summed E-state index contributed by atoms with van der Waals surface area (Å²) >= 11 is 0. The number of hydrogen-bond donors (Lipinski definition) is 1. The molecule has 0 aromatic heterocycles. The van der Waals surface area contributed by atoms with E-state index in [1.165, 1.54) is 12.0 Å². The molecule has 0 aliphatic rings. The summed E-state index contributed by atoms with van der Waals surface area (Å²) in [6, 6.07) is 9.00. The van der Waals surface area contributed by atoms with Gasteiger partial charge >= 0.3 is 0 Å². The van der Waals surface area contributed by atoms with Gasteiger partial charge in [0.1, 0.15) is 12.4 Å². The first-order valence-corrected chi connectivity index (χ1v) is 8.15. The van der Waals surface area contributed by atoms with Crippen LogP contribution in [-0.2, 0) is 6.54 Å². The first-order chi connectivity index (χ1) is 10.0. The first-order valence-electron chi connectivity index (χ1n) is 8.15. The van der Waals surface area contributed by atoms with Crippen molar-refractivity contribution in [1.82, 2.24) is 10.2 Å². The molecule has 1 aromatic carbocycles. The van der Waals surface area contributed by atoms with Gasteiger partial charge in [0, 0.05) is 19.1 Å². The van der Waals surface area contributed by atoms with Crippen LogP contribution in [0.5, 0.6) is 5.75 Å². The zero-order valence-corrected chi connectivity index (χ0v) is 14.4. The zero-order valence-electron chi connectivity index (χ0n) is 14.4. The van der Waals surface area contributed by atoms with Crippen molar-refractivity contribution in [3.63, 3.8) is 0 Å². The molecule has 0 aliphatic carbocycles. The predicted molar refractivity (Wildman–Crippen MR) is 90.9 cm³/mol. The summed E-state index contributed by atoms with van der Waals surface area (Å²) in [7, 11) is 2.16. The van der Waals surface area contributed by atoms with Crippen LogP contribution in [0.1, 0.15) is 39.7 Å². The molecule has 0 saturated heterocycles. The summed E-state index contributed by atoms with van der Waals surface area (Å²) < 4.78 is 5.87. The van der Waals surface area contributed by atoms with E-state index >= 15 is 0 Å². The van der Waals surface area contributed by atoms with Crippen molar-refractivity contribution in [3.8, 4) is 5.75 Å². The number of hydrogen-bond acceptors (Lipinski definition) is 3. The fraction of sp³-hybridized carbons (Fsp3) is 0.667. The molecule has 0 spiro atoms. The molecular weight excluding hydrogens is 260 g/mol. The molecule has 3 nitrogen and oxygen atoms in total. The molecule has 1 unspecified atom stereocenters. The topological polar surface area (TPSA) is 24.5 Å². The minimum Gasteiger partial charge on any atom is -0.492 e. The summed E-state index contributed by atoms with van der Waals surface area (Å²) in [5, 5.41) is 3.46. The minimum atomic E-state index is 0.611. The summed E-state index contributed by atoms with van der Waals surface area (Å²) in [6.45, 7) is 12.6. The van der Waals surface area contributed by atoms with Gasteiger partial charge in [0.15, 0.2) is 0 Å². The molecule has 0 aliphatic heterocycles. The Morgan fingerprint density at radius 1 is 1.24 bits per heavy atom. The van der Waals surface area contributed by atoms with E-state index in [0.717, 1.165) is 32.0 Å². The van der Waals surface area contributed by atoms with Gasteiger partial charge in [-0.1, -0.05) is 32.9 Å². The largest absolute Gasteiger partial charge is 0.492 e. The van der Waals surface area contributed by atoms with Gasteiger partial charge in [0.25, 0.3) is 0 Å². The molecule has 120 valence electrons. The van der Waals surface area contributed by atoms with Crippen molar-refractivity contribution in [2.24, 2.45) is 5.92 Å². The quantitative estimate of drug-likeness (QED) is 0.714. The number of benzene rings is 1. The Kier molecular flexibility index (Phi) is 8.40. The maximum atomic E-state index is 5.87. The van der Waals surface area contributed by atoms with E-state index in [1.807, 2.05) is 6.07 Å². The maximum Gasteiger partial charge on any atom is 0.119 e. The van der Waals surface area contributed by atoms with Gasteiger partial charge in [-0.05, 0) is 50.6 Å². The molecule has 1 atom stereocenters. The van der Waals surface area contributed by atoms with Crippen LogP contribution >= 0.6 is 0 Å². The lowest BCUT2D eigenvalue weighted by Crippen LogP contribution is -2.32. The van der Waals surface area contributed by atoms with Crippen LogP contribution in [0.2, 0.25) is 0 Å². The molecule has 21 heavy (non-hydrogen) atoms. The van der Waals surface area contributed by atoms with Crippen LogP contribution in [0, 0.1) is 5.92 Å². The molecule has 0 radical (unpaired) electrons. The van der Waals surface area contributed by atoms with Gasteiger partial charge in [-0.2, -0.15) is 0 Å². The summed E-state index contributed by atoms with van der Waals surface area (Å²) in [5.41, 5.74) is 1.28. The maximum absolute atomic E-state index is 5.87. The highest BCUT2D eigenvalue weighted by Gasteiger charge is 2.06. The molecule has 0 fully saturated rings. The number of rotatable bonds is 10. The monoisotopic (exact) mass is 292 g/mol. The lowest BCUT2D eigenvalue weighted by molar-refractivity contribution is 0.196. The van der Waals surface area contributed by atoms with Gasteiger partial charge in [-0.3, -0.25) is 0 Å². The smallest absolute Gasteiger partial charge is 0.119 e. The Morgan fingerprint density at radius 2 is 2.00 bits per heavy atom. The van der Waals surface area contributed by atoms with Crippen molar-refractivity contribution in [2.45, 2.75) is 46.7 Å². The van der Waals surface area contributed by atoms with Gasteiger partial charge in [0.2, 0.25) is 0 Å². The van der Waals surface area contributed by atoms with Crippen molar-refractivity contribution in [2.75, 3.05) is 26.7 Å². The second kappa shape index (κ2) is 9.80. The molecule has 1 aromatic rings. The van der Waals surface area contributed by atoms with Crippen LogP contribution in [0.4, 0.5) is 0 Å². The van der Waals surface area contributed by atoms with E-state index in [4.69, 9.17) is 4.74 Å². The molecule has 1 N–H and O–H groups in total. The first kappa shape index (κ1) is 18.0. The number of nitrogens with one attached hydrogen (secondary N) is 1. The van der Waals surface area contributed by atoms with Crippen molar-refractivity contribution < 1.29 is 4.74 Å². The van der Waals surface area contributed by atoms with Crippen LogP contribution in [0.15, 0.2) is 24.3 Å². The molecule has 1 rings (SSSR count). The van der Waals surface area contributed by atoms with E-state index in [-0.39, 0.29) is 0 Å². The highest BCUT2D eigenvalue weighted by atomic mass is 16.5. The summed E-state index contributed by atoms with van der Waals surface area (Å²) in [4.78, 5) is 2.34. The zero-order chi connectivity index (χ0) is 15.7. The number of likely N-dealkylation sites (N-methyl/N-ethyl adjacent to an activating group) is 1. The van der Waals surface area contributed by atoms with Crippen LogP contribution < -0.4 is 10.1 Å². The Balaban J connectivity index is 2.35. The van der Waals surface area contributed by atoms with Crippen LogP contribution in [-0.4, -0.2) is 37.7 Å². The van der Waals surface area contributed by atoms with E-state index < -0.39 is 0 Å². The van der Waals surface area contributed by atoms with E-state index in [1.54, 1.807) is 0 Å². The number of ether oxygens (including phenoxy) is 1. The van der Waals surface area contributed by atoms with E-state index in [9.17, 15) is 0 Å². The average Bonchev–Trinajstić information content (AvgIpc) is 2.46. The summed E-state index contributed by atoms with van der Waals surface area (Å²) in [5.74, 6) is 1.65. The lowest BCUT2D eigenvalue weighted by atomic mass is 10.2. The second-order valence-electron chi connectivity index (χ2n) is 6.26. The minimum absolute atomic E-state index is 0.611. The second-order valence-corrected chi connectivity index (χ2v) is 6.26. The Hall–Kier alpha value is -1.06. The third-order valence-corrected chi connectivity index (χ3v) is 3.84. The highest BCUT2D eigenvalue weighted by Crippen LogP contribution is 2.13. The van der Waals surface area contributed by atoms with Crippen LogP contribution in [0.3, 0.4) is 0 Å². The third kappa shape index (κ3) is 7.49. The Morgan fingerprint density at radius 3 is 2.67 bits per heavy atom. The fourth-order valence-electron chi connectivity index (χ4n) is 2.09.